The van der Waals surface area contributed by atoms with Crippen molar-refractivity contribution in [2.75, 3.05) is 11.5 Å². The summed E-state index contributed by atoms with van der Waals surface area (Å²) in [6.07, 6.45) is 0. The molecule has 1 amide bonds. The molecule has 0 aliphatic carbocycles. The second-order valence-electron chi connectivity index (χ2n) is 7.54. The second-order valence-corrected chi connectivity index (χ2v) is 7.54. The Bertz CT molecular complexity index is 1180. The van der Waals surface area contributed by atoms with Crippen LogP contribution >= 0.6 is 0 Å². The molecule has 0 radical (unpaired) electrons. The summed E-state index contributed by atoms with van der Waals surface area (Å²) in [4.78, 5) is 15.9. The highest BCUT2D eigenvalue weighted by molar-refractivity contribution is 6.09. The number of rotatable bonds is 7. The third-order valence-corrected chi connectivity index (χ3v) is 5.61. The number of ether oxygens (including phenoxy) is 1. The summed E-state index contributed by atoms with van der Waals surface area (Å²) >= 11 is 0. The molecular weight excluding hydrogens is 384 g/mol. The zero-order valence-corrected chi connectivity index (χ0v) is 18.3. The molecule has 0 atom stereocenters. The van der Waals surface area contributed by atoms with Gasteiger partial charge < -0.3 is 14.2 Å². The summed E-state index contributed by atoms with van der Waals surface area (Å²) in [6.45, 7) is 7.93. The van der Waals surface area contributed by atoms with Gasteiger partial charge in [0, 0.05) is 23.1 Å². The fourth-order valence-electron chi connectivity index (χ4n) is 4.14. The van der Waals surface area contributed by atoms with Crippen molar-refractivity contribution < 1.29 is 9.53 Å². The molecule has 4 aromatic rings. The SMILES string of the molecule is CCOc1ccc2c(c1)c(C)c(C(=O)N(Cc1ccccc1)c1ccccc1)n2CC. The van der Waals surface area contributed by atoms with Gasteiger partial charge in [-0.1, -0.05) is 48.5 Å². The monoisotopic (exact) mass is 412 g/mol. The fourth-order valence-corrected chi connectivity index (χ4v) is 4.14. The predicted octanol–water partition coefficient (Wildman–Crippen LogP) is 6.22. The normalized spacial score (nSPS) is 10.9. The Morgan fingerprint density at radius 3 is 2.26 bits per heavy atom. The third kappa shape index (κ3) is 4.06. The van der Waals surface area contributed by atoms with Crippen molar-refractivity contribution in [1.82, 2.24) is 4.57 Å². The predicted molar refractivity (Wildman–Crippen MR) is 127 cm³/mol. The largest absolute Gasteiger partial charge is 0.494 e. The van der Waals surface area contributed by atoms with Crippen LogP contribution in [0.1, 0.15) is 35.5 Å². The molecule has 4 heteroatoms. The zero-order valence-electron chi connectivity index (χ0n) is 18.3. The molecule has 0 bridgehead atoms. The molecule has 158 valence electrons. The average Bonchev–Trinajstić information content (AvgIpc) is 3.09. The van der Waals surface area contributed by atoms with Gasteiger partial charge in [-0.2, -0.15) is 0 Å². The van der Waals surface area contributed by atoms with E-state index in [9.17, 15) is 4.79 Å². The summed E-state index contributed by atoms with van der Waals surface area (Å²) in [7, 11) is 0. The first-order chi connectivity index (χ1) is 15.1. The first-order valence-electron chi connectivity index (χ1n) is 10.8. The molecular formula is C27H28N2O2. The third-order valence-electron chi connectivity index (χ3n) is 5.61. The van der Waals surface area contributed by atoms with E-state index in [2.05, 4.69) is 29.7 Å². The van der Waals surface area contributed by atoms with Gasteiger partial charge in [0.05, 0.1) is 13.2 Å². The topological polar surface area (TPSA) is 34.5 Å². The van der Waals surface area contributed by atoms with Crippen LogP contribution in [-0.2, 0) is 13.1 Å². The van der Waals surface area contributed by atoms with Gasteiger partial charge in [0.2, 0.25) is 0 Å². The Kier molecular flexibility index (Phi) is 6.08. The molecule has 0 saturated carbocycles. The quantitative estimate of drug-likeness (QED) is 0.361. The number of carbonyl (C=O) groups excluding carboxylic acids is 1. The van der Waals surface area contributed by atoms with Gasteiger partial charge in [0.25, 0.3) is 5.91 Å². The number of nitrogens with zero attached hydrogens (tertiary/aromatic N) is 2. The lowest BCUT2D eigenvalue weighted by Gasteiger charge is -2.24. The number of benzene rings is 3. The van der Waals surface area contributed by atoms with E-state index in [-0.39, 0.29) is 5.91 Å². The van der Waals surface area contributed by atoms with Crippen LogP contribution in [0, 0.1) is 6.92 Å². The second kappa shape index (κ2) is 9.09. The minimum Gasteiger partial charge on any atom is -0.494 e. The summed E-state index contributed by atoms with van der Waals surface area (Å²) in [5.74, 6) is 0.832. The van der Waals surface area contributed by atoms with Gasteiger partial charge >= 0.3 is 0 Å². The molecule has 1 heterocycles. The van der Waals surface area contributed by atoms with Crippen LogP contribution in [0.5, 0.6) is 5.75 Å². The number of hydrogen-bond acceptors (Lipinski definition) is 2. The van der Waals surface area contributed by atoms with Crippen molar-refractivity contribution in [1.29, 1.82) is 0 Å². The van der Waals surface area contributed by atoms with Crippen LogP contribution in [0.25, 0.3) is 10.9 Å². The molecule has 0 saturated heterocycles. The number of aromatic nitrogens is 1. The standard InChI is InChI=1S/C27H28N2O2/c1-4-28-25-17-16-23(31-5-2)18-24(25)20(3)26(28)27(30)29(22-14-10-7-11-15-22)19-21-12-8-6-9-13-21/h6-18H,4-5,19H2,1-3H3. The first-order valence-corrected chi connectivity index (χ1v) is 10.8. The number of carbonyl (C=O) groups is 1. The maximum Gasteiger partial charge on any atom is 0.275 e. The summed E-state index contributed by atoms with van der Waals surface area (Å²) in [6, 6.07) is 26.1. The molecule has 0 N–H and O–H groups in total. The van der Waals surface area contributed by atoms with Crippen molar-refractivity contribution in [3.63, 3.8) is 0 Å². The summed E-state index contributed by atoms with van der Waals surface area (Å²) in [5.41, 5.74) is 4.75. The van der Waals surface area contributed by atoms with Crippen molar-refractivity contribution in [3.05, 3.63) is 95.7 Å². The van der Waals surface area contributed by atoms with Crippen LogP contribution in [0.2, 0.25) is 0 Å². The minimum absolute atomic E-state index is 0.00330. The highest BCUT2D eigenvalue weighted by Gasteiger charge is 2.26. The van der Waals surface area contributed by atoms with Crippen LogP contribution in [0.4, 0.5) is 5.69 Å². The molecule has 0 fully saturated rings. The number of para-hydroxylation sites is 1. The van der Waals surface area contributed by atoms with E-state index < -0.39 is 0 Å². The van der Waals surface area contributed by atoms with E-state index in [0.29, 0.717) is 19.7 Å². The number of amides is 1. The fraction of sp³-hybridized carbons (Fsp3) is 0.222. The van der Waals surface area contributed by atoms with E-state index in [4.69, 9.17) is 4.74 Å². The van der Waals surface area contributed by atoms with Gasteiger partial charge in [0.15, 0.2) is 0 Å². The smallest absolute Gasteiger partial charge is 0.275 e. The Morgan fingerprint density at radius 1 is 0.935 bits per heavy atom. The lowest BCUT2D eigenvalue weighted by atomic mass is 10.1. The van der Waals surface area contributed by atoms with Crippen LogP contribution in [-0.4, -0.2) is 17.1 Å². The van der Waals surface area contributed by atoms with Crippen molar-refractivity contribution >= 4 is 22.5 Å². The molecule has 0 aliphatic rings. The van der Waals surface area contributed by atoms with Crippen LogP contribution in [0.15, 0.2) is 78.9 Å². The Labute approximate surface area is 183 Å². The van der Waals surface area contributed by atoms with Crippen molar-refractivity contribution in [2.24, 2.45) is 0 Å². The number of fused-ring (bicyclic) bond motifs is 1. The van der Waals surface area contributed by atoms with Gasteiger partial charge in [-0.05, 0) is 62.2 Å². The van der Waals surface area contributed by atoms with Gasteiger partial charge in [-0.15, -0.1) is 0 Å². The number of anilines is 1. The lowest BCUT2D eigenvalue weighted by molar-refractivity contribution is 0.0976. The maximum atomic E-state index is 14.0. The van der Waals surface area contributed by atoms with Gasteiger partial charge in [-0.3, -0.25) is 4.79 Å². The van der Waals surface area contributed by atoms with E-state index in [1.54, 1.807) is 0 Å². The number of hydrogen-bond donors (Lipinski definition) is 0. The molecule has 4 rings (SSSR count). The van der Waals surface area contributed by atoms with E-state index in [1.165, 1.54) is 0 Å². The molecule has 3 aromatic carbocycles. The average molecular weight is 413 g/mol. The minimum atomic E-state index is 0.00330. The van der Waals surface area contributed by atoms with E-state index in [0.717, 1.165) is 39.2 Å². The number of aryl methyl sites for hydroxylation is 2. The van der Waals surface area contributed by atoms with E-state index >= 15 is 0 Å². The zero-order chi connectivity index (χ0) is 21.8. The highest BCUT2D eigenvalue weighted by atomic mass is 16.5. The molecule has 0 unspecified atom stereocenters. The summed E-state index contributed by atoms with van der Waals surface area (Å²) < 4.78 is 7.82. The van der Waals surface area contributed by atoms with E-state index in [1.807, 2.05) is 79.4 Å². The van der Waals surface area contributed by atoms with Crippen molar-refractivity contribution in [2.45, 2.75) is 33.9 Å². The maximum absolute atomic E-state index is 14.0. The first kappa shape index (κ1) is 20.7. The molecule has 0 aliphatic heterocycles. The van der Waals surface area contributed by atoms with Gasteiger partial charge in [0.1, 0.15) is 11.4 Å². The Balaban J connectivity index is 1.83. The highest BCUT2D eigenvalue weighted by Crippen LogP contribution is 2.31. The molecule has 31 heavy (non-hydrogen) atoms. The molecule has 1 aromatic heterocycles. The van der Waals surface area contributed by atoms with Crippen molar-refractivity contribution in [3.8, 4) is 5.75 Å². The van der Waals surface area contributed by atoms with Crippen LogP contribution < -0.4 is 9.64 Å². The molecule has 4 nitrogen and oxygen atoms in total. The summed E-state index contributed by atoms with van der Waals surface area (Å²) in [5, 5.41) is 1.06. The lowest BCUT2D eigenvalue weighted by Crippen LogP contribution is -2.32. The van der Waals surface area contributed by atoms with Crippen LogP contribution in [0.3, 0.4) is 0 Å². The van der Waals surface area contributed by atoms with Gasteiger partial charge in [-0.25, -0.2) is 0 Å². The Morgan fingerprint density at radius 2 is 1.61 bits per heavy atom. The Hall–Kier alpha value is -3.53. The molecule has 0 spiro atoms.